The molecule has 0 radical (unpaired) electrons. The quantitative estimate of drug-likeness (QED) is 0.773. The first-order chi connectivity index (χ1) is 10.5. The minimum absolute atomic E-state index is 0.0629. The topological polar surface area (TPSA) is 38.1 Å². The largest absolute Gasteiger partial charge is 0.406 e. The molecule has 0 bridgehead atoms. The fraction of sp³-hybridized carbons (Fsp3) is 0.625. The van der Waals surface area contributed by atoms with E-state index in [1.807, 2.05) is 20.8 Å². The maximum Gasteiger partial charge on any atom is 0.406 e. The highest BCUT2D eigenvalue weighted by atomic mass is 19.4. The summed E-state index contributed by atoms with van der Waals surface area (Å²) in [5.41, 5.74) is 0.656. The van der Waals surface area contributed by atoms with E-state index in [1.54, 1.807) is 10.7 Å². The van der Waals surface area contributed by atoms with E-state index >= 15 is 0 Å². The fourth-order valence-corrected chi connectivity index (χ4v) is 2.46. The van der Waals surface area contributed by atoms with Crippen LogP contribution in [0.3, 0.4) is 0 Å². The van der Waals surface area contributed by atoms with Crippen LogP contribution in [0.25, 0.3) is 0 Å². The lowest BCUT2D eigenvalue weighted by molar-refractivity contribution is -0.139. The standard InChI is InChI=1S/C16H22F3N3O/c1-5-8-21(10-16(17,18)19)14(23)12-9-13(11-6-7-11)22(20-12)15(2,3)4/h5,9,11H,1,6-8,10H2,2-4H3. The van der Waals surface area contributed by atoms with Gasteiger partial charge in [-0.15, -0.1) is 6.58 Å². The number of hydrogen-bond donors (Lipinski definition) is 0. The summed E-state index contributed by atoms with van der Waals surface area (Å²) < 4.78 is 39.8. The van der Waals surface area contributed by atoms with Crippen molar-refractivity contribution in [3.63, 3.8) is 0 Å². The molecule has 4 nitrogen and oxygen atoms in total. The van der Waals surface area contributed by atoms with Gasteiger partial charge in [0.15, 0.2) is 5.69 Å². The van der Waals surface area contributed by atoms with E-state index in [2.05, 4.69) is 11.7 Å². The summed E-state index contributed by atoms with van der Waals surface area (Å²) in [7, 11) is 0. The Bertz CT molecular complexity index is 595. The Kier molecular flexibility index (Phi) is 4.59. The lowest BCUT2D eigenvalue weighted by atomic mass is 10.1. The monoisotopic (exact) mass is 329 g/mol. The molecule has 23 heavy (non-hydrogen) atoms. The van der Waals surface area contributed by atoms with Gasteiger partial charge in [0.25, 0.3) is 5.91 Å². The van der Waals surface area contributed by atoms with Crippen LogP contribution in [0, 0.1) is 0 Å². The molecule has 1 aromatic heterocycles. The van der Waals surface area contributed by atoms with Gasteiger partial charge in [0.1, 0.15) is 6.54 Å². The van der Waals surface area contributed by atoms with Gasteiger partial charge in [-0.3, -0.25) is 9.48 Å². The summed E-state index contributed by atoms with van der Waals surface area (Å²) in [6, 6.07) is 1.64. The van der Waals surface area contributed by atoms with Crippen LogP contribution in [0.1, 0.15) is 55.7 Å². The van der Waals surface area contributed by atoms with Gasteiger partial charge in [0, 0.05) is 18.2 Å². The third kappa shape index (κ3) is 4.36. The van der Waals surface area contributed by atoms with Crippen LogP contribution in [0.15, 0.2) is 18.7 Å². The number of carbonyl (C=O) groups is 1. The average Bonchev–Trinajstić information content (AvgIpc) is 3.13. The molecule has 1 aromatic rings. The number of carbonyl (C=O) groups excluding carboxylic acids is 1. The second-order valence-electron chi connectivity index (χ2n) is 6.90. The van der Waals surface area contributed by atoms with Crippen molar-refractivity contribution < 1.29 is 18.0 Å². The van der Waals surface area contributed by atoms with Gasteiger partial charge in [-0.25, -0.2) is 0 Å². The van der Waals surface area contributed by atoms with E-state index in [0.717, 1.165) is 23.4 Å². The maximum absolute atomic E-state index is 12.7. The van der Waals surface area contributed by atoms with Gasteiger partial charge in [0.05, 0.1) is 5.54 Å². The van der Waals surface area contributed by atoms with E-state index in [-0.39, 0.29) is 17.8 Å². The zero-order valence-corrected chi connectivity index (χ0v) is 13.7. The maximum atomic E-state index is 12.7. The second kappa shape index (κ2) is 6.02. The first kappa shape index (κ1) is 17.6. The van der Waals surface area contributed by atoms with Gasteiger partial charge < -0.3 is 4.90 Å². The number of halogens is 3. The minimum atomic E-state index is -4.45. The second-order valence-corrected chi connectivity index (χ2v) is 6.90. The van der Waals surface area contributed by atoms with Crippen LogP contribution in [0.5, 0.6) is 0 Å². The van der Waals surface area contributed by atoms with Crippen molar-refractivity contribution in [1.82, 2.24) is 14.7 Å². The Morgan fingerprint density at radius 1 is 1.43 bits per heavy atom. The zero-order chi connectivity index (χ0) is 17.4. The zero-order valence-electron chi connectivity index (χ0n) is 13.7. The summed E-state index contributed by atoms with van der Waals surface area (Å²) >= 11 is 0. The van der Waals surface area contributed by atoms with E-state index in [0.29, 0.717) is 5.92 Å². The molecule has 0 spiro atoms. The summed E-state index contributed by atoms with van der Waals surface area (Å²) in [5.74, 6) is -0.370. The molecule has 0 atom stereocenters. The van der Waals surface area contributed by atoms with Gasteiger partial charge >= 0.3 is 6.18 Å². The molecule has 0 saturated heterocycles. The molecule has 1 aliphatic carbocycles. The molecule has 0 aromatic carbocycles. The summed E-state index contributed by atoms with van der Waals surface area (Å²) in [5, 5.41) is 4.30. The molecule has 1 saturated carbocycles. The fourth-order valence-electron chi connectivity index (χ4n) is 2.46. The third-order valence-electron chi connectivity index (χ3n) is 3.59. The smallest absolute Gasteiger partial charge is 0.324 e. The van der Waals surface area contributed by atoms with E-state index in [4.69, 9.17) is 0 Å². The van der Waals surface area contributed by atoms with Gasteiger partial charge in [-0.05, 0) is 39.7 Å². The molecular weight excluding hydrogens is 307 g/mol. The molecule has 0 aliphatic heterocycles. The number of aromatic nitrogens is 2. The first-order valence-electron chi connectivity index (χ1n) is 7.60. The van der Waals surface area contributed by atoms with Crippen LogP contribution in [0.2, 0.25) is 0 Å². The highest BCUT2D eigenvalue weighted by Crippen LogP contribution is 2.41. The van der Waals surface area contributed by atoms with Crippen molar-refractivity contribution >= 4 is 5.91 Å². The van der Waals surface area contributed by atoms with Crippen LogP contribution in [0.4, 0.5) is 13.2 Å². The Labute approximate surface area is 134 Å². The highest BCUT2D eigenvalue weighted by molar-refractivity contribution is 5.92. The van der Waals surface area contributed by atoms with Crippen molar-refractivity contribution in [3.8, 4) is 0 Å². The van der Waals surface area contributed by atoms with Crippen molar-refractivity contribution in [2.24, 2.45) is 0 Å². The SMILES string of the molecule is C=CCN(CC(F)(F)F)C(=O)c1cc(C2CC2)n(C(C)(C)C)n1. The average molecular weight is 329 g/mol. The minimum Gasteiger partial charge on any atom is -0.324 e. The molecule has 0 unspecified atom stereocenters. The predicted molar refractivity (Wildman–Crippen MR) is 81.4 cm³/mol. The molecule has 0 N–H and O–H groups in total. The van der Waals surface area contributed by atoms with Crippen molar-refractivity contribution in [2.45, 2.75) is 51.2 Å². The van der Waals surface area contributed by atoms with Crippen molar-refractivity contribution in [3.05, 3.63) is 30.1 Å². The van der Waals surface area contributed by atoms with E-state index in [9.17, 15) is 18.0 Å². The highest BCUT2D eigenvalue weighted by Gasteiger charge is 2.36. The molecule has 128 valence electrons. The van der Waals surface area contributed by atoms with Crippen molar-refractivity contribution in [2.75, 3.05) is 13.1 Å². The molecule has 1 heterocycles. The number of rotatable bonds is 5. The summed E-state index contributed by atoms with van der Waals surface area (Å²) in [6.07, 6.45) is -1.13. The molecule has 1 fully saturated rings. The Morgan fingerprint density at radius 3 is 2.48 bits per heavy atom. The number of amides is 1. The normalized spacial score (nSPS) is 15.6. The first-order valence-corrected chi connectivity index (χ1v) is 7.60. The Morgan fingerprint density at radius 2 is 2.04 bits per heavy atom. The van der Waals surface area contributed by atoms with E-state index in [1.165, 1.54) is 6.08 Å². The van der Waals surface area contributed by atoms with Crippen LogP contribution >= 0.6 is 0 Å². The number of hydrogen-bond acceptors (Lipinski definition) is 2. The Balaban J connectivity index is 2.32. The Hall–Kier alpha value is -1.79. The third-order valence-corrected chi connectivity index (χ3v) is 3.59. The van der Waals surface area contributed by atoms with E-state index < -0.39 is 18.6 Å². The summed E-state index contributed by atoms with van der Waals surface area (Å²) in [4.78, 5) is 13.2. The molecule has 7 heteroatoms. The molecule has 1 amide bonds. The molecular formula is C16H22F3N3O. The lowest BCUT2D eigenvalue weighted by Gasteiger charge is -2.23. The van der Waals surface area contributed by atoms with Crippen LogP contribution < -0.4 is 0 Å². The molecule has 2 rings (SSSR count). The van der Waals surface area contributed by atoms with Gasteiger partial charge in [-0.2, -0.15) is 18.3 Å². The molecule has 1 aliphatic rings. The number of alkyl halides is 3. The van der Waals surface area contributed by atoms with Crippen LogP contribution in [-0.4, -0.2) is 39.9 Å². The number of nitrogens with zero attached hydrogens (tertiary/aromatic N) is 3. The summed E-state index contributed by atoms with van der Waals surface area (Å²) in [6.45, 7) is 7.81. The lowest BCUT2D eigenvalue weighted by Crippen LogP contribution is -2.39. The van der Waals surface area contributed by atoms with Crippen molar-refractivity contribution in [1.29, 1.82) is 0 Å². The predicted octanol–water partition coefficient (Wildman–Crippen LogP) is 3.71. The van der Waals surface area contributed by atoms with Gasteiger partial charge in [-0.1, -0.05) is 6.08 Å². The van der Waals surface area contributed by atoms with Crippen LogP contribution in [-0.2, 0) is 5.54 Å². The van der Waals surface area contributed by atoms with Gasteiger partial charge in [0.2, 0.25) is 0 Å².